The average Bonchev–Trinajstić information content (AvgIpc) is 2.64. The molecular formula is C19H20ClN3O2. The highest BCUT2D eigenvalue weighted by Crippen LogP contribution is 2.17. The molecule has 1 N–H and O–H groups in total. The number of amides is 2. The van der Waals surface area contributed by atoms with E-state index in [0.29, 0.717) is 23.7 Å². The fourth-order valence-electron chi connectivity index (χ4n) is 2.99. The van der Waals surface area contributed by atoms with Gasteiger partial charge in [0, 0.05) is 36.5 Å². The number of aromatic nitrogens is 1. The number of halogens is 1. The van der Waals surface area contributed by atoms with Crippen molar-refractivity contribution in [1.82, 2.24) is 15.2 Å². The van der Waals surface area contributed by atoms with Crippen LogP contribution in [0.15, 0.2) is 48.8 Å². The zero-order valence-electron chi connectivity index (χ0n) is 13.8. The number of hydrogen-bond acceptors (Lipinski definition) is 3. The van der Waals surface area contributed by atoms with E-state index >= 15 is 0 Å². The minimum atomic E-state index is -0.0369. The number of benzene rings is 1. The second kappa shape index (κ2) is 8.12. The number of piperidine rings is 1. The van der Waals surface area contributed by atoms with Gasteiger partial charge in [-0.25, -0.2) is 0 Å². The van der Waals surface area contributed by atoms with Gasteiger partial charge in [-0.1, -0.05) is 29.8 Å². The molecule has 2 aromatic rings. The van der Waals surface area contributed by atoms with E-state index in [1.54, 1.807) is 30.6 Å². The molecule has 0 atom stereocenters. The van der Waals surface area contributed by atoms with Crippen LogP contribution in [0.5, 0.6) is 0 Å². The number of nitrogens with one attached hydrogen (secondary N) is 1. The molecule has 130 valence electrons. The van der Waals surface area contributed by atoms with Crippen LogP contribution in [0, 0.1) is 0 Å². The van der Waals surface area contributed by atoms with E-state index in [0.717, 1.165) is 18.4 Å². The Kier molecular flexibility index (Phi) is 5.66. The predicted octanol–water partition coefficient (Wildman–Crippen LogP) is 2.70. The lowest BCUT2D eigenvalue weighted by atomic mass is 10.0. The molecule has 1 aromatic heterocycles. The van der Waals surface area contributed by atoms with Gasteiger partial charge in [-0.2, -0.15) is 0 Å². The molecule has 2 heterocycles. The molecule has 0 aliphatic carbocycles. The Morgan fingerprint density at radius 2 is 1.92 bits per heavy atom. The third-order valence-corrected chi connectivity index (χ3v) is 4.73. The minimum absolute atomic E-state index is 0.00561. The first-order chi connectivity index (χ1) is 12.1. The summed E-state index contributed by atoms with van der Waals surface area (Å²) in [6.07, 6.45) is 5.01. The van der Waals surface area contributed by atoms with Crippen molar-refractivity contribution < 1.29 is 9.59 Å². The SMILES string of the molecule is O=C(Cc1ccccc1Cl)NC1CCN(C(=O)c2cccnc2)CC1. The van der Waals surface area contributed by atoms with E-state index in [4.69, 9.17) is 11.6 Å². The molecule has 0 unspecified atom stereocenters. The van der Waals surface area contributed by atoms with Gasteiger partial charge >= 0.3 is 0 Å². The summed E-state index contributed by atoms with van der Waals surface area (Å²) in [6, 6.07) is 11.0. The lowest BCUT2D eigenvalue weighted by Gasteiger charge is -2.32. The molecule has 1 aliphatic heterocycles. The van der Waals surface area contributed by atoms with E-state index < -0.39 is 0 Å². The molecule has 1 saturated heterocycles. The zero-order valence-corrected chi connectivity index (χ0v) is 14.6. The predicted molar refractivity (Wildman–Crippen MR) is 96.5 cm³/mol. The van der Waals surface area contributed by atoms with Gasteiger partial charge in [0.05, 0.1) is 12.0 Å². The van der Waals surface area contributed by atoms with Gasteiger partial charge in [-0.3, -0.25) is 14.6 Å². The summed E-state index contributed by atoms with van der Waals surface area (Å²) in [5, 5.41) is 3.65. The van der Waals surface area contributed by atoms with Crippen molar-refractivity contribution in [2.24, 2.45) is 0 Å². The third kappa shape index (κ3) is 4.57. The van der Waals surface area contributed by atoms with Crippen LogP contribution in [0.2, 0.25) is 5.02 Å². The Hall–Kier alpha value is -2.40. The monoisotopic (exact) mass is 357 g/mol. The Labute approximate surface area is 152 Å². The number of likely N-dealkylation sites (tertiary alicyclic amines) is 1. The lowest BCUT2D eigenvalue weighted by Crippen LogP contribution is -2.46. The molecule has 0 bridgehead atoms. The van der Waals surface area contributed by atoms with Gasteiger partial charge in [0.25, 0.3) is 5.91 Å². The van der Waals surface area contributed by atoms with Crippen LogP contribution >= 0.6 is 11.6 Å². The van der Waals surface area contributed by atoms with Crippen molar-refractivity contribution in [3.63, 3.8) is 0 Å². The van der Waals surface area contributed by atoms with E-state index in [2.05, 4.69) is 10.3 Å². The highest BCUT2D eigenvalue weighted by Gasteiger charge is 2.24. The number of hydrogen-bond donors (Lipinski definition) is 1. The van der Waals surface area contributed by atoms with Crippen LogP contribution in [0.1, 0.15) is 28.8 Å². The summed E-state index contributed by atoms with van der Waals surface area (Å²) < 4.78 is 0. The molecule has 2 amide bonds. The van der Waals surface area contributed by atoms with Gasteiger partial charge in [0.1, 0.15) is 0 Å². The van der Waals surface area contributed by atoms with E-state index in [1.807, 2.05) is 23.1 Å². The van der Waals surface area contributed by atoms with Gasteiger partial charge in [0.15, 0.2) is 0 Å². The molecule has 3 rings (SSSR count). The molecular weight excluding hydrogens is 338 g/mol. The zero-order chi connectivity index (χ0) is 17.6. The number of carbonyl (C=O) groups excluding carboxylic acids is 2. The Balaban J connectivity index is 1.48. The number of pyridine rings is 1. The lowest BCUT2D eigenvalue weighted by molar-refractivity contribution is -0.121. The van der Waals surface area contributed by atoms with Gasteiger partial charge in [0.2, 0.25) is 5.91 Å². The first-order valence-electron chi connectivity index (χ1n) is 8.35. The maximum Gasteiger partial charge on any atom is 0.255 e. The Morgan fingerprint density at radius 3 is 2.60 bits per heavy atom. The third-order valence-electron chi connectivity index (χ3n) is 4.36. The van der Waals surface area contributed by atoms with Gasteiger partial charge in [-0.15, -0.1) is 0 Å². The van der Waals surface area contributed by atoms with Crippen LogP contribution in [0.25, 0.3) is 0 Å². The summed E-state index contributed by atoms with van der Waals surface area (Å²) in [5.41, 5.74) is 1.43. The quantitative estimate of drug-likeness (QED) is 0.915. The molecule has 1 aliphatic rings. The summed E-state index contributed by atoms with van der Waals surface area (Å²) in [4.78, 5) is 30.4. The van der Waals surface area contributed by atoms with Gasteiger partial charge < -0.3 is 10.2 Å². The second-order valence-corrected chi connectivity index (χ2v) is 6.55. The average molecular weight is 358 g/mol. The van der Waals surface area contributed by atoms with Crippen LogP contribution in [0.4, 0.5) is 0 Å². The maximum absolute atomic E-state index is 12.4. The van der Waals surface area contributed by atoms with E-state index in [-0.39, 0.29) is 24.3 Å². The molecule has 1 aromatic carbocycles. The Morgan fingerprint density at radius 1 is 1.16 bits per heavy atom. The topological polar surface area (TPSA) is 62.3 Å². The summed E-state index contributed by atoms with van der Waals surface area (Å²) in [6.45, 7) is 1.26. The van der Waals surface area contributed by atoms with Crippen molar-refractivity contribution in [1.29, 1.82) is 0 Å². The van der Waals surface area contributed by atoms with Crippen LogP contribution in [-0.4, -0.2) is 40.8 Å². The van der Waals surface area contributed by atoms with Crippen molar-refractivity contribution >= 4 is 23.4 Å². The highest BCUT2D eigenvalue weighted by molar-refractivity contribution is 6.31. The summed E-state index contributed by atoms with van der Waals surface area (Å²) in [7, 11) is 0. The number of rotatable bonds is 4. The summed E-state index contributed by atoms with van der Waals surface area (Å²) >= 11 is 6.09. The first kappa shape index (κ1) is 17.4. The van der Waals surface area contributed by atoms with Crippen LogP contribution in [0.3, 0.4) is 0 Å². The Bertz CT molecular complexity index is 743. The number of carbonyl (C=O) groups is 2. The standard InChI is InChI=1S/C19H20ClN3O2/c20-17-6-2-1-4-14(17)12-18(24)22-16-7-10-23(11-8-16)19(25)15-5-3-9-21-13-15/h1-6,9,13,16H,7-8,10-12H2,(H,22,24). The first-order valence-corrected chi connectivity index (χ1v) is 8.73. The molecule has 6 heteroatoms. The normalized spacial score (nSPS) is 15.0. The minimum Gasteiger partial charge on any atom is -0.353 e. The van der Waals surface area contributed by atoms with E-state index in [1.165, 1.54) is 0 Å². The molecule has 0 saturated carbocycles. The summed E-state index contributed by atoms with van der Waals surface area (Å²) in [5.74, 6) is -0.0425. The van der Waals surface area contributed by atoms with Crippen molar-refractivity contribution in [3.05, 3.63) is 64.9 Å². The largest absolute Gasteiger partial charge is 0.353 e. The molecule has 5 nitrogen and oxygen atoms in total. The second-order valence-electron chi connectivity index (χ2n) is 6.14. The van der Waals surface area contributed by atoms with Gasteiger partial charge in [-0.05, 0) is 36.6 Å². The van der Waals surface area contributed by atoms with Crippen molar-refractivity contribution in [2.45, 2.75) is 25.3 Å². The van der Waals surface area contributed by atoms with Crippen LogP contribution in [-0.2, 0) is 11.2 Å². The van der Waals surface area contributed by atoms with Crippen molar-refractivity contribution in [2.75, 3.05) is 13.1 Å². The molecule has 1 fully saturated rings. The fraction of sp³-hybridized carbons (Fsp3) is 0.316. The molecule has 25 heavy (non-hydrogen) atoms. The fourth-order valence-corrected chi connectivity index (χ4v) is 3.19. The smallest absolute Gasteiger partial charge is 0.255 e. The molecule has 0 radical (unpaired) electrons. The maximum atomic E-state index is 12.4. The molecule has 0 spiro atoms. The highest BCUT2D eigenvalue weighted by atomic mass is 35.5. The van der Waals surface area contributed by atoms with Crippen molar-refractivity contribution in [3.8, 4) is 0 Å². The van der Waals surface area contributed by atoms with E-state index in [9.17, 15) is 9.59 Å². The van der Waals surface area contributed by atoms with Crippen LogP contribution < -0.4 is 5.32 Å². The number of nitrogens with zero attached hydrogens (tertiary/aromatic N) is 2.